The van der Waals surface area contributed by atoms with E-state index in [1.54, 1.807) is 6.07 Å². The fourth-order valence-electron chi connectivity index (χ4n) is 4.92. The second kappa shape index (κ2) is 11.9. The Balaban J connectivity index is 1.55. The Bertz CT molecular complexity index is 1830. The fraction of sp³-hybridized carbons (Fsp3) is 0.176. The van der Waals surface area contributed by atoms with Crippen molar-refractivity contribution in [3.63, 3.8) is 0 Å². The van der Waals surface area contributed by atoms with Crippen molar-refractivity contribution in [2.75, 3.05) is 5.75 Å². The van der Waals surface area contributed by atoms with Crippen LogP contribution in [0.4, 0.5) is 0 Å². The first-order valence-electron chi connectivity index (χ1n) is 13.4. The molecule has 0 bridgehead atoms. The summed E-state index contributed by atoms with van der Waals surface area (Å²) in [7, 11) is 0. The number of carbonyl (C=O) groups excluding carboxylic acids is 3. The molecule has 4 aromatic carbocycles. The molecular weight excluding hydrogens is 532 g/mol. The van der Waals surface area contributed by atoms with Crippen LogP contribution in [0.15, 0.2) is 95.0 Å². The van der Waals surface area contributed by atoms with Crippen LogP contribution in [0.2, 0.25) is 0 Å². The summed E-state index contributed by atoms with van der Waals surface area (Å²) in [5.41, 5.74) is 5.83. The first kappa shape index (κ1) is 28.1. The monoisotopic (exact) mass is 562 g/mol. The molecule has 5 rings (SSSR count). The molecule has 0 aliphatic carbocycles. The number of rotatable bonds is 9. The zero-order valence-electron chi connectivity index (χ0n) is 23.4. The van der Waals surface area contributed by atoms with E-state index in [1.165, 1.54) is 18.7 Å². The molecule has 1 heterocycles. The number of fused-ring (bicyclic) bond motifs is 3. The Morgan fingerprint density at radius 3 is 2.10 bits per heavy atom. The highest BCUT2D eigenvalue weighted by molar-refractivity contribution is 8.00. The second-order valence-electron chi connectivity index (χ2n) is 9.90. The maximum atomic E-state index is 13.7. The van der Waals surface area contributed by atoms with E-state index >= 15 is 0 Å². The third-order valence-corrected chi connectivity index (χ3v) is 8.06. The normalized spacial score (nSPS) is 11.7. The number of hydrogen-bond acceptors (Lipinski definition) is 6. The van der Waals surface area contributed by atoms with Gasteiger partial charge in [0.15, 0.2) is 5.78 Å². The van der Waals surface area contributed by atoms with Gasteiger partial charge >= 0.3 is 5.97 Å². The molecule has 0 saturated carbocycles. The minimum atomic E-state index is -0.594. The van der Waals surface area contributed by atoms with E-state index in [-0.39, 0.29) is 23.0 Å². The van der Waals surface area contributed by atoms with Crippen molar-refractivity contribution >= 4 is 56.8 Å². The van der Waals surface area contributed by atoms with Gasteiger partial charge in [0, 0.05) is 62.6 Å². The van der Waals surface area contributed by atoms with Crippen molar-refractivity contribution < 1.29 is 19.2 Å². The lowest BCUT2D eigenvalue weighted by molar-refractivity contribution is -0.140. The van der Waals surface area contributed by atoms with E-state index in [4.69, 9.17) is 4.84 Å². The lowest BCUT2D eigenvalue weighted by atomic mass is 9.97. The van der Waals surface area contributed by atoms with Crippen molar-refractivity contribution in [3.05, 3.63) is 113 Å². The molecule has 0 N–H and O–H groups in total. The Hall–Kier alpha value is -4.49. The molecule has 0 aliphatic rings. The van der Waals surface area contributed by atoms with E-state index in [0.717, 1.165) is 44.4 Å². The highest BCUT2D eigenvalue weighted by atomic mass is 32.2. The maximum Gasteiger partial charge on any atom is 0.331 e. The van der Waals surface area contributed by atoms with Gasteiger partial charge in [0.05, 0.1) is 0 Å². The van der Waals surface area contributed by atoms with Gasteiger partial charge in [-0.1, -0.05) is 47.1 Å². The molecule has 6 nitrogen and oxygen atoms in total. The number of nitrogens with zero attached hydrogens (tertiary/aromatic N) is 2. The third-order valence-electron chi connectivity index (χ3n) is 7.04. The lowest BCUT2D eigenvalue weighted by Gasteiger charge is -2.07. The van der Waals surface area contributed by atoms with Gasteiger partial charge in [-0.25, -0.2) is 4.79 Å². The van der Waals surface area contributed by atoms with E-state index in [9.17, 15) is 14.4 Å². The van der Waals surface area contributed by atoms with Gasteiger partial charge in [-0.05, 0) is 74.9 Å². The van der Waals surface area contributed by atoms with Crippen LogP contribution in [0.3, 0.4) is 0 Å². The van der Waals surface area contributed by atoms with Gasteiger partial charge in [-0.3, -0.25) is 9.59 Å². The molecule has 0 spiro atoms. The molecule has 1 aromatic heterocycles. The zero-order valence-corrected chi connectivity index (χ0v) is 24.2. The summed E-state index contributed by atoms with van der Waals surface area (Å²) < 4.78 is 2.17. The predicted molar refractivity (Wildman–Crippen MR) is 165 cm³/mol. The number of thioether (sulfide) groups is 1. The summed E-state index contributed by atoms with van der Waals surface area (Å²) in [6.45, 7) is 7.99. The summed E-state index contributed by atoms with van der Waals surface area (Å²) in [6, 6.07) is 26.8. The Morgan fingerprint density at radius 1 is 0.829 bits per heavy atom. The number of aromatic nitrogens is 1. The summed E-state index contributed by atoms with van der Waals surface area (Å²) in [5, 5.41) is 5.68. The van der Waals surface area contributed by atoms with Gasteiger partial charge in [0.1, 0.15) is 5.71 Å². The molecule has 0 unspecified atom stereocenters. The quantitative estimate of drug-likeness (QED) is 0.0609. The highest BCUT2D eigenvalue weighted by Crippen LogP contribution is 2.32. The first-order valence-corrected chi connectivity index (χ1v) is 14.4. The van der Waals surface area contributed by atoms with Crippen LogP contribution in [0.25, 0.3) is 21.8 Å². The SMILES string of the molecule is CCn1c2ccc(C(=O)/C(CSc3ccc(C)cc3)=N/OC(C)=O)cc2c2cc(C(=O)c3ccccc3C)ccc21. The third kappa shape index (κ3) is 5.86. The van der Waals surface area contributed by atoms with Gasteiger partial charge < -0.3 is 9.40 Å². The fourth-order valence-corrected chi connectivity index (χ4v) is 5.73. The molecule has 5 aromatic rings. The predicted octanol–water partition coefficient (Wildman–Crippen LogP) is 7.56. The number of Topliss-reactive ketones (excluding diaryl/α,β-unsaturated/α-hetero) is 1. The van der Waals surface area contributed by atoms with Gasteiger partial charge in [-0.15, -0.1) is 11.8 Å². The van der Waals surface area contributed by atoms with Crippen LogP contribution < -0.4 is 0 Å². The molecule has 0 fully saturated rings. The maximum absolute atomic E-state index is 13.7. The van der Waals surface area contributed by atoms with Crippen LogP contribution in [0.5, 0.6) is 0 Å². The first-order chi connectivity index (χ1) is 19.8. The summed E-state index contributed by atoms with van der Waals surface area (Å²) in [5.74, 6) is -0.724. The van der Waals surface area contributed by atoms with Crippen LogP contribution in [-0.4, -0.2) is 33.6 Å². The van der Waals surface area contributed by atoms with Gasteiger partial charge in [0.25, 0.3) is 0 Å². The van der Waals surface area contributed by atoms with E-state index in [0.29, 0.717) is 16.7 Å². The summed E-state index contributed by atoms with van der Waals surface area (Å²) >= 11 is 1.45. The number of ketones is 2. The second-order valence-corrected chi connectivity index (χ2v) is 11.0. The number of hydrogen-bond donors (Lipinski definition) is 0. The average Bonchev–Trinajstić information content (AvgIpc) is 3.29. The lowest BCUT2D eigenvalue weighted by Crippen LogP contribution is -2.18. The van der Waals surface area contributed by atoms with Crippen molar-refractivity contribution in [1.82, 2.24) is 4.57 Å². The molecule has 0 atom stereocenters. The van der Waals surface area contributed by atoms with Gasteiger partial charge in [-0.2, -0.15) is 0 Å². The highest BCUT2D eigenvalue weighted by Gasteiger charge is 2.20. The van der Waals surface area contributed by atoms with Crippen LogP contribution in [0, 0.1) is 13.8 Å². The molecule has 7 heteroatoms. The smallest absolute Gasteiger partial charge is 0.331 e. The topological polar surface area (TPSA) is 77.7 Å². The standard InChI is InChI=1S/C34H30N2O4S/c1-5-36-31-16-12-24(33(38)27-9-7-6-8-22(27)3)18-28(31)29-19-25(13-17-32(29)36)34(39)30(35-40-23(4)37)20-41-26-14-10-21(2)11-15-26/h6-19H,5,20H2,1-4H3/b35-30+. The summed E-state index contributed by atoms with van der Waals surface area (Å²) in [6.07, 6.45) is 0. The van der Waals surface area contributed by atoms with Crippen molar-refractivity contribution in [3.8, 4) is 0 Å². The van der Waals surface area contributed by atoms with Crippen molar-refractivity contribution in [2.24, 2.45) is 5.16 Å². The number of carbonyl (C=O) groups is 3. The minimum Gasteiger partial charge on any atom is -0.341 e. The van der Waals surface area contributed by atoms with E-state index < -0.39 is 5.97 Å². The molecule has 0 amide bonds. The zero-order chi connectivity index (χ0) is 29.1. The van der Waals surface area contributed by atoms with Crippen LogP contribution >= 0.6 is 11.8 Å². The number of benzene rings is 4. The summed E-state index contributed by atoms with van der Waals surface area (Å²) in [4.78, 5) is 44.5. The molecule has 0 aliphatic heterocycles. The molecule has 206 valence electrons. The largest absolute Gasteiger partial charge is 0.341 e. The number of oxime groups is 1. The van der Waals surface area contributed by atoms with E-state index in [2.05, 4.69) is 16.6 Å². The van der Waals surface area contributed by atoms with Crippen LogP contribution in [0.1, 0.15) is 51.3 Å². The van der Waals surface area contributed by atoms with E-state index in [1.807, 2.05) is 92.7 Å². The average molecular weight is 563 g/mol. The van der Waals surface area contributed by atoms with Crippen molar-refractivity contribution in [1.29, 1.82) is 0 Å². The Kier molecular flexibility index (Phi) is 8.17. The number of aryl methyl sites for hydroxylation is 3. The van der Waals surface area contributed by atoms with Crippen LogP contribution in [-0.2, 0) is 16.2 Å². The molecule has 0 radical (unpaired) electrons. The Labute approximate surface area is 243 Å². The van der Waals surface area contributed by atoms with Crippen molar-refractivity contribution in [2.45, 2.75) is 39.1 Å². The van der Waals surface area contributed by atoms with Gasteiger partial charge in [0.2, 0.25) is 5.78 Å². The Morgan fingerprint density at radius 2 is 1.46 bits per heavy atom. The molecule has 0 saturated heterocycles. The minimum absolute atomic E-state index is 0.0430. The molecular formula is C34H30N2O4S. The molecule has 41 heavy (non-hydrogen) atoms.